The van der Waals surface area contributed by atoms with Gasteiger partial charge in [-0.1, -0.05) is 18.9 Å². The van der Waals surface area contributed by atoms with Gasteiger partial charge in [0.2, 0.25) is 5.52 Å². The normalized spacial score (nSPS) is 15.2. The summed E-state index contributed by atoms with van der Waals surface area (Å²) >= 11 is 1.67. The third-order valence-electron chi connectivity index (χ3n) is 4.54. The van der Waals surface area contributed by atoms with Crippen molar-refractivity contribution in [3.8, 4) is 0 Å². The van der Waals surface area contributed by atoms with E-state index in [9.17, 15) is 10.1 Å². The molecule has 2 aromatic heterocycles. The lowest BCUT2D eigenvalue weighted by Crippen LogP contribution is -2.33. The van der Waals surface area contributed by atoms with E-state index in [1.54, 1.807) is 23.5 Å². The maximum absolute atomic E-state index is 11.7. The number of nitrogens with zero attached hydrogens (tertiary/aromatic N) is 4. The summed E-state index contributed by atoms with van der Waals surface area (Å²) in [5.74, 6) is 0. The van der Waals surface area contributed by atoms with Gasteiger partial charge < -0.3 is 4.90 Å². The van der Waals surface area contributed by atoms with E-state index in [1.807, 2.05) is 11.4 Å². The molecule has 1 aromatic carbocycles. The Bertz CT molecular complexity index is 855. The van der Waals surface area contributed by atoms with Crippen LogP contribution in [0.25, 0.3) is 11.0 Å². The molecule has 0 spiro atoms. The Labute approximate surface area is 142 Å². The molecule has 1 saturated carbocycles. The number of nitro benzene ring substituents is 1. The van der Waals surface area contributed by atoms with Gasteiger partial charge in [0.15, 0.2) is 0 Å². The van der Waals surface area contributed by atoms with Gasteiger partial charge in [-0.3, -0.25) is 10.1 Å². The molecule has 2 heterocycles. The molecule has 24 heavy (non-hydrogen) atoms. The maximum atomic E-state index is 11.7. The molecular formula is C16H16N4O3S. The highest BCUT2D eigenvalue weighted by Gasteiger charge is 2.31. The van der Waals surface area contributed by atoms with E-state index >= 15 is 0 Å². The number of anilines is 1. The van der Waals surface area contributed by atoms with Gasteiger partial charge in [-0.15, -0.1) is 11.3 Å². The molecule has 1 aliphatic rings. The predicted molar refractivity (Wildman–Crippen MR) is 91.2 cm³/mol. The van der Waals surface area contributed by atoms with Crippen LogP contribution in [0, 0.1) is 10.1 Å². The molecule has 7 nitrogen and oxygen atoms in total. The molecule has 1 fully saturated rings. The van der Waals surface area contributed by atoms with Gasteiger partial charge in [-0.05, 0) is 46.7 Å². The quantitative estimate of drug-likeness (QED) is 0.511. The molecule has 1 aliphatic carbocycles. The van der Waals surface area contributed by atoms with Crippen LogP contribution in [-0.2, 0) is 6.54 Å². The molecule has 0 aliphatic heterocycles. The van der Waals surface area contributed by atoms with Crippen molar-refractivity contribution in [2.45, 2.75) is 38.3 Å². The first-order valence-corrected chi connectivity index (χ1v) is 8.80. The minimum atomic E-state index is -0.377. The van der Waals surface area contributed by atoms with Gasteiger partial charge >= 0.3 is 5.69 Å². The van der Waals surface area contributed by atoms with Crippen LogP contribution in [0.4, 0.5) is 11.4 Å². The molecule has 0 N–H and O–H groups in total. The summed E-state index contributed by atoms with van der Waals surface area (Å²) in [6.45, 7) is 0.667. The van der Waals surface area contributed by atoms with Crippen LogP contribution in [0.15, 0.2) is 34.3 Å². The van der Waals surface area contributed by atoms with Gasteiger partial charge in [0.05, 0.1) is 11.5 Å². The van der Waals surface area contributed by atoms with Gasteiger partial charge in [-0.2, -0.15) is 0 Å². The number of fused-ring (bicyclic) bond motifs is 1. The van der Waals surface area contributed by atoms with E-state index in [2.05, 4.69) is 21.3 Å². The number of hydrogen-bond donors (Lipinski definition) is 0. The van der Waals surface area contributed by atoms with Gasteiger partial charge in [0, 0.05) is 10.9 Å². The van der Waals surface area contributed by atoms with Crippen LogP contribution in [0.3, 0.4) is 0 Å². The van der Waals surface area contributed by atoms with E-state index in [0.717, 1.165) is 25.7 Å². The number of hydrogen-bond acceptors (Lipinski definition) is 7. The minimum Gasteiger partial charge on any atom is -0.358 e. The average molecular weight is 344 g/mol. The van der Waals surface area contributed by atoms with Crippen molar-refractivity contribution in [3.63, 3.8) is 0 Å². The zero-order valence-electron chi connectivity index (χ0n) is 12.9. The molecule has 124 valence electrons. The molecule has 3 aromatic rings. The smallest absolute Gasteiger partial charge is 0.323 e. The van der Waals surface area contributed by atoms with Crippen LogP contribution < -0.4 is 4.90 Å². The number of benzene rings is 1. The van der Waals surface area contributed by atoms with Gasteiger partial charge in [0.25, 0.3) is 0 Å². The highest BCUT2D eigenvalue weighted by atomic mass is 32.1. The fourth-order valence-corrected chi connectivity index (χ4v) is 4.14. The maximum Gasteiger partial charge on any atom is 0.323 e. The zero-order chi connectivity index (χ0) is 16.5. The summed E-state index contributed by atoms with van der Waals surface area (Å²) in [5.41, 5.74) is 1.21. The van der Waals surface area contributed by atoms with Gasteiger partial charge in [0.1, 0.15) is 11.2 Å². The van der Waals surface area contributed by atoms with Crippen molar-refractivity contribution < 1.29 is 9.55 Å². The average Bonchev–Trinajstić information content (AvgIpc) is 3.32. The summed E-state index contributed by atoms with van der Waals surface area (Å²) in [6, 6.07) is 7.89. The lowest BCUT2D eigenvalue weighted by Gasteiger charge is -2.30. The van der Waals surface area contributed by atoms with E-state index in [1.165, 1.54) is 4.88 Å². The first-order valence-electron chi connectivity index (χ1n) is 7.93. The lowest BCUT2D eigenvalue weighted by molar-refractivity contribution is -0.382. The fraction of sp³-hybridized carbons (Fsp3) is 0.375. The Hall–Kier alpha value is -2.48. The lowest BCUT2D eigenvalue weighted by atomic mass is 10.1. The second kappa shape index (κ2) is 6.20. The molecule has 0 amide bonds. The standard InChI is InChI=1S/C16H16N4O3S/c21-20(22)16-14(8-7-13-15(16)18-23-17-13)19(11-4-1-2-5-11)10-12-6-3-9-24-12/h3,6-9,11H,1-2,4-5,10H2. The summed E-state index contributed by atoms with van der Waals surface area (Å²) in [7, 11) is 0. The molecule has 8 heteroatoms. The van der Waals surface area contributed by atoms with Crippen LogP contribution >= 0.6 is 11.3 Å². The summed E-state index contributed by atoms with van der Waals surface area (Å²) in [4.78, 5) is 14.7. The molecule has 0 atom stereocenters. The van der Waals surface area contributed by atoms with E-state index in [0.29, 0.717) is 23.8 Å². The Morgan fingerprint density at radius 3 is 2.83 bits per heavy atom. The number of rotatable bonds is 5. The molecule has 0 saturated heterocycles. The van der Waals surface area contributed by atoms with E-state index in [-0.39, 0.29) is 16.1 Å². The number of aromatic nitrogens is 2. The monoisotopic (exact) mass is 344 g/mol. The molecule has 0 radical (unpaired) electrons. The molecule has 4 rings (SSSR count). The summed E-state index contributed by atoms with van der Waals surface area (Å²) < 4.78 is 4.70. The molecule has 0 bridgehead atoms. The van der Waals surface area contributed by atoms with Crippen molar-refractivity contribution in [2.24, 2.45) is 0 Å². The van der Waals surface area contributed by atoms with Crippen LogP contribution in [0.5, 0.6) is 0 Å². The molecular weight excluding hydrogens is 328 g/mol. The van der Waals surface area contributed by atoms with E-state index in [4.69, 9.17) is 4.63 Å². The van der Waals surface area contributed by atoms with Crippen LogP contribution in [0.1, 0.15) is 30.6 Å². The second-order valence-electron chi connectivity index (χ2n) is 5.97. The first kappa shape index (κ1) is 15.1. The highest BCUT2D eigenvalue weighted by Crippen LogP contribution is 2.39. The Kier molecular flexibility index (Phi) is 3.89. The van der Waals surface area contributed by atoms with Crippen molar-refractivity contribution in [2.75, 3.05) is 4.90 Å². The minimum absolute atomic E-state index is 0.0165. The fourth-order valence-electron chi connectivity index (χ4n) is 3.44. The number of nitro groups is 1. The third kappa shape index (κ3) is 2.62. The third-order valence-corrected chi connectivity index (χ3v) is 5.40. The van der Waals surface area contributed by atoms with Crippen LogP contribution in [-0.4, -0.2) is 21.3 Å². The van der Waals surface area contributed by atoms with Crippen molar-refractivity contribution >= 4 is 33.7 Å². The first-order chi connectivity index (χ1) is 11.7. The Morgan fingerprint density at radius 2 is 2.12 bits per heavy atom. The Morgan fingerprint density at radius 1 is 1.29 bits per heavy atom. The van der Waals surface area contributed by atoms with Crippen molar-refractivity contribution in [3.05, 3.63) is 44.6 Å². The summed E-state index contributed by atoms with van der Waals surface area (Å²) in [6.07, 6.45) is 4.43. The summed E-state index contributed by atoms with van der Waals surface area (Å²) in [5, 5.41) is 21.2. The molecule has 0 unspecified atom stereocenters. The topological polar surface area (TPSA) is 85.3 Å². The SMILES string of the molecule is O=[N+]([O-])c1c(N(Cc2cccs2)C2CCCC2)ccc2nonc12. The predicted octanol–water partition coefficient (Wildman–Crippen LogP) is 4.14. The van der Waals surface area contributed by atoms with Gasteiger partial charge in [-0.25, -0.2) is 4.63 Å². The van der Waals surface area contributed by atoms with Crippen LogP contribution in [0.2, 0.25) is 0 Å². The van der Waals surface area contributed by atoms with E-state index < -0.39 is 0 Å². The highest BCUT2D eigenvalue weighted by molar-refractivity contribution is 7.09. The van der Waals surface area contributed by atoms with Crippen molar-refractivity contribution in [1.82, 2.24) is 10.3 Å². The largest absolute Gasteiger partial charge is 0.358 e. The number of thiophene rings is 1. The zero-order valence-corrected chi connectivity index (χ0v) is 13.7. The Balaban J connectivity index is 1.83. The van der Waals surface area contributed by atoms with Crippen molar-refractivity contribution in [1.29, 1.82) is 0 Å². The second-order valence-corrected chi connectivity index (χ2v) is 7.00.